The third-order valence-corrected chi connectivity index (χ3v) is 4.51. The van der Waals surface area contributed by atoms with Gasteiger partial charge in [-0.15, -0.1) is 0 Å². The molecule has 7 heteroatoms. The highest BCUT2D eigenvalue weighted by Crippen LogP contribution is 2.36. The van der Waals surface area contributed by atoms with E-state index in [0.717, 1.165) is 11.1 Å². The molecule has 156 valence electrons. The average molecular weight is 420 g/mol. The fourth-order valence-corrected chi connectivity index (χ4v) is 3.13. The van der Waals surface area contributed by atoms with E-state index in [1.165, 1.54) is 13.2 Å². The second kappa shape index (κ2) is 10.6. The van der Waals surface area contributed by atoms with E-state index in [1.54, 1.807) is 44.6 Å². The average Bonchev–Trinajstić information content (AvgIpc) is 2.71. The maximum Gasteiger partial charge on any atom is 0.244 e. The van der Waals surface area contributed by atoms with E-state index < -0.39 is 0 Å². The summed E-state index contributed by atoms with van der Waals surface area (Å²) in [5.41, 5.74) is 1.54. The van der Waals surface area contributed by atoms with Crippen molar-refractivity contribution >= 4 is 23.6 Å². The van der Waals surface area contributed by atoms with Gasteiger partial charge >= 0.3 is 0 Å². The number of hydrogen-bond donors (Lipinski definition) is 1. The van der Waals surface area contributed by atoms with Gasteiger partial charge in [-0.05, 0) is 55.8 Å². The van der Waals surface area contributed by atoms with Gasteiger partial charge in [0.05, 0.1) is 39.0 Å². The molecule has 0 unspecified atom stereocenters. The minimum atomic E-state index is -0.282. The number of benzene rings is 2. The van der Waals surface area contributed by atoms with Crippen LogP contribution in [0, 0.1) is 0 Å². The first-order valence-corrected chi connectivity index (χ1v) is 9.52. The smallest absolute Gasteiger partial charge is 0.244 e. The van der Waals surface area contributed by atoms with Crippen LogP contribution in [0.1, 0.15) is 31.0 Å². The van der Waals surface area contributed by atoms with Crippen molar-refractivity contribution in [3.8, 4) is 23.0 Å². The molecule has 0 saturated carbocycles. The molecule has 0 heterocycles. The molecule has 0 saturated heterocycles. The number of halogens is 1. The predicted octanol–water partition coefficient (Wildman–Crippen LogP) is 4.66. The van der Waals surface area contributed by atoms with Gasteiger partial charge in [0, 0.05) is 11.6 Å². The zero-order chi connectivity index (χ0) is 21.4. The molecule has 1 amide bonds. The first-order chi connectivity index (χ1) is 13.9. The van der Waals surface area contributed by atoms with Crippen molar-refractivity contribution in [3.05, 3.63) is 52.6 Å². The molecule has 0 aliphatic rings. The van der Waals surface area contributed by atoms with Crippen molar-refractivity contribution in [1.29, 1.82) is 0 Å². The molecule has 0 spiro atoms. The van der Waals surface area contributed by atoms with E-state index in [-0.39, 0.29) is 11.9 Å². The molecule has 0 fully saturated rings. The Morgan fingerprint density at radius 1 is 1.10 bits per heavy atom. The van der Waals surface area contributed by atoms with Crippen molar-refractivity contribution in [1.82, 2.24) is 5.32 Å². The summed E-state index contributed by atoms with van der Waals surface area (Å²) in [4.78, 5) is 12.4. The van der Waals surface area contributed by atoms with Crippen molar-refractivity contribution < 1.29 is 23.7 Å². The number of carbonyl (C=O) groups excluding carboxylic acids is 1. The topological polar surface area (TPSA) is 66.0 Å². The molecule has 1 atom stereocenters. The summed E-state index contributed by atoms with van der Waals surface area (Å²) >= 11 is 6.25. The summed E-state index contributed by atoms with van der Waals surface area (Å²) in [6.45, 7) is 4.22. The summed E-state index contributed by atoms with van der Waals surface area (Å²) in [5.74, 6) is 2.10. The third-order valence-electron chi connectivity index (χ3n) is 4.23. The van der Waals surface area contributed by atoms with E-state index in [1.807, 2.05) is 19.9 Å². The van der Waals surface area contributed by atoms with Gasteiger partial charge in [-0.25, -0.2) is 0 Å². The van der Waals surface area contributed by atoms with Crippen molar-refractivity contribution in [3.63, 3.8) is 0 Å². The summed E-state index contributed by atoms with van der Waals surface area (Å²) in [6, 6.07) is 8.65. The molecule has 2 rings (SSSR count). The maximum atomic E-state index is 12.4. The molecule has 0 aliphatic heterocycles. The Morgan fingerprint density at radius 3 is 2.48 bits per heavy atom. The number of hydrogen-bond acceptors (Lipinski definition) is 5. The summed E-state index contributed by atoms with van der Waals surface area (Å²) < 4.78 is 21.5. The molecular weight excluding hydrogens is 394 g/mol. The molecule has 1 N–H and O–H groups in total. The third kappa shape index (κ3) is 5.81. The van der Waals surface area contributed by atoms with Crippen LogP contribution in [-0.4, -0.2) is 33.8 Å². The minimum absolute atomic E-state index is 0.257. The lowest BCUT2D eigenvalue weighted by atomic mass is 10.1. The fraction of sp³-hybridized carbons (Fsp3) is 0.318. The zero-order valence-electron chi connectivity index (χ0n) is 17.2. The van der Waals surface area contributed by atoms with E-state index in [9.17, 15) is 4.79 Å². The standard InChI is InChI=1S/C22H26ClNO5/c1-6-29-20-12-15(11-18(23)22(20)28-5)7-10-21(25)24-14(2)17-13-16(26-3)8-9-19(17)27-4/h7-14H,6H2,1-5H3,(H,24,25)/b10-7+/t14-/m1/s1. The maximum absolute atomic E-state index is 12.4. The molecule has 0 radical (unpaired) electrons. The SMILES string of the molecule is CCOc1cc(/C=C/C(=O)N[C@H](C)c2cc(OC)ccc2OC)cc(Cl)c1OC. The number of nitrogens with one attached hydrogen (secondary N) is 1. The lowest BCUT2D eigenvalue weighted by molar-refractivity contribution is -0.117. The molecular formula is C22H26ClNO5. The highest BCUT2D eigenvalue weighted by Gasteiger charge is 2.15. The number of carbonyl (C=O) groups is 1. The molecule has 0 aromatic heterocycles. The number of rotatable bonds is 9. The lowest BCUT2D eigenvalue weighted by Crippen LogP contribution is -2.25. The summed E-state index contributed by atoms with van der Waals surface area (Å²) in [7, 11) is 4.71. The molecule has 2 aromatic carbocycles. The number of amides is 1. The second-order valence-corrected chi connectivity index (χ2v) is 6.55. The Kier molecular flexibility index (Phi) is 8.21. The zero-order valence-corrected chi connectivity index (χ0v) is 18.0. The van der Waals surface area contributed by atoms with E-state index >= 15 is 0 Å². The van der Waals surface area contributed by atoms with E-state index in [0.29, 0.717) is 34.6 Å². The van der Waals surface area contributed by atoms with Crippen LogP contribution in [-0.2, 0) is 4.79 Å². The van der Waals surface area contributed by atoms with Crippen LogP contribution in [0.15, 0.2) is 36.4 Å². The first-order valence-electron chi connectivity index (χ1n) is 9.14. The van der Waals surface area contributed by atoms with Crippen LogP contribution in [0.5, 0.6) is 23.0 Å². The monoisotopic (exact) mass is 419 g/mol. The molecule has 2 aromatic rings. The van der Waals surface area contributed by atoms with Gasteiger partial charge < -0.3 is 24.3 Å². The van der Waals surface area contributed by atoms with E-state index in [2.05, 4.69) is 5.32 Å². The normalized spacial score (nSPS) is 11.8. The van der Waals surface area contributed by atoms with Crippen molar-refractivity contribution in [2.45, 2.75) is 19.9 Å². The first kappa shape index (κ1) is 22.4. The van der Waals surface area contributed by atoms with Gasteiger partial charge in [0.2, 0.25) is 5.91 Å². The van der Waals surface area contributed by atoms with Crippen LogP contribution < -0.4 is 24.3 Å². The number of ether oxygens (including phenoxy) is 4. The second-order valence-electron chi connectivity index (χ2n) is 6.14. The minimum Gasteiger partial charge on any atom is -0.497 e. The Morgan fingerprint density at radius 2 is 1.86 bits per heavy atom. The predicted molar refractivity (Wildman–Crippen MR) is 114 cm³/mol. The number of methoxy groups -OCH3 is 3. The highest BCUT2D eigenvalue weighted by atomic mass is 35.5. The van der Waals surface area contributed by atoms with Gasteiger partial charge in [0.15, 0.2) is 11.5 Å². The van der Waals surface area contributed by atoms with Gasteiger partial charge in [-0.3, -0.25) is 4.79 Å². The quantitative estimate of drug-likeness (QED) is 0.599. The Labute approximate surface area is 176 Å². The van der Waals surface area contributed by atoms with Gasteiger partial charge in [0.1, 0.15) is 11.5 Å². The van der Waals surface area contributed by atoms with E-state index in [4.69, 9.17) is 30.5 Å². The summed E-state index contributed by atoms with van der Waals surface area (Å²) in [6.07, 6.45) is 3.11. The molecule has 0 aliphatic carbocycles. The van der Waals surface area contributed by atoms with Crippen LogP contribution >= 0.6 is 11.6 Å². The van der Waals surface area contributed by atoms with Crippen LogP contribution in [0.25, 0.3) is 6.08 Å². The Hall–Kier alpha value is -2.86. The van der Waals surface area contributed by atoms with Crippen LogP contribution in [0.3, 0.4) is 0 Å². The molecule has 6 nitrogen and oxygen atoms in total. The lowest BCUT2D eigenvalue weighted by Gasteiger charge is -2.17. The Balaban J connectivity index is 2.16. The fourth-order valence-electron chi connectivity index (χ4n) is 2.83. The van der Waals surface area contributed by atoms with Gasteiger partial charge in [0.25, 0.3) is 0 Å². The van der Waals surface area contributed by atoms with Crippen molar-refractivity contribution in [2.75, 3.05) is 27.9 Å². The summed E-state index contributed by atoms with van der Waals surface area (Å²) in [5, 5.41) is 3.33. The largest absolute Gasteiger partial charge is 0.497 e. The Bertz CT molecular complexity index is 882. The van der Waals surface area contributed by atoms with Crippen molar-refractivity contribution in [2.24, 2.45) is 0 Å². The van der Waals surface area contributed by atoms with Crippen LogP contribution in [0.2, 0.25) is 5.02 Å². The highest BCUT2D eigenvalue weighted by molar-refractivity contribution is 6.32. The van der Waals surface area contributed by atoms with Gasteiger partial charge in [-0.1, -0.05) is 11.6 Å². The van der Waals surface area contributed by atoms with Crippen LogP contribution in [0.4, 0.5) is 0 Å². The molecule has 0 bridgehead atoms. The molecule has 29 heavy (non-hydrogen) atoms. The van der Waals surface area contributed by atoms with Gasteiger partial charge in [-0.2, -0.15) is 0 Å².